The van der Waals surface area contributed by atoms with E-state index in [9.17, 15) is 9.59 Å². The summed E-state index contributed by atoms with van der Waals surface area (Å²) in [7, 11) is 1.52. The van der Waals surface area contributed by atoms with Crippen LogP contribution >= 0.6 is 11.6 Å². The average molecular weight is 284 g/mol. The second kappa shape index (κ2) is 7.14. The zero-order valence-corrected chi connectivity index (χ0v) is 11.9. The predicted octanol–water partition coefficient (Wildman–Crippen LogP) is 2.59. The number of rotatable bonds is 6. The number of aryl methyl sites for hydroxylation is 1. The number of carbonyl (C=O) groups excluding carboxylic acids is 1. The zero-order chi connectivity index (χ0) is 14.4. The summed E-state index contributed by atoms with van der Waals surface area (Å²) in [4.78, 5) is 23.8. The third kappa shape index (κ3) is 4.91. The number of carboxylic acids is 1. The summed E-state index contributed by atoms with van der Waals surface area (Å²) in [6, 6.07) is 6.70. The first-order chi connectivity index (χ1) is 8.91. The van der Waals surface area contributed by atoms with Crippen LogP contribution in [0.2, 0.25) is 5.02 Å². The van der Waals surface area contributed by atoms with E-state index in [0.717, 1.165) is 12.0 Å². The molecule has 0 aliphatic heterocycles. The number of hydrogen-bond donors (Lipinski definition) is 1. The molecule has 1 N–H and O–H groups in total. The molecule has 0 aliphatic rings. The van der Waals surface area contributed by atoms with Crippen LogP contribution in [-0.2, 0) is 16.0 Å². The minimum absolute atomic E-state index is 0.149. The van der Waals surface area contributed by atoms with Crippen molar-refractivity contribution in [2.24, 2.45) is 0 Å². The van der Waals surface area contributed by atoms with E-state index >= 15 is 0 Å². The molecular weight excluding hydrogens is 266 g/mol. The number of nitrogens with zero attached hydrogens (tertiary/aromatic N) is 1. The first kappa shape index (κ1) is 15.5. The van der Waals surface area contributed by atoms with E-state index in [1.165, 1.54) is 18.9 Å². The smallest absolute Gasteiger partial charge is 0.326 e. The monoisotopic (exact) mass is 283 g/mol. The topological polar surface area (TPSA) is 57.6 Å². The third-order valence-electron chi connectivity index (χ3n) is 3.10. The minimum Gasteiger partial charge on any atom is -0.480 e. The molecule has 19 heavy (non-hydrogen) atoms. The number of halogens is 1. The van der Waals surface area contributed by atoms with Crippen LogP contribution < -0.4 is 0 Å². The zero-order valence-electron chi connectivity index (χ0n) is 11.1. The van der Waals surface area contributed by atoms with Crippen molar-refractivity contribution in [1.82, 2.24) is 4.90 Å². The Bertz CT molecular complexity index is 445. The van der Waals surface area contributed by atoms with Crippen molar-refractivity contribution in [3.63, 3.8) is 0 Å². The van der Waals surface area contributed by atoms with Crippen molar-refractivity contribution in [2.75, 3.05) is 7.05 Å². The summed E-state index contributed by atoms with van der Waals surface area (Å²) in [6.45, 7) is 1.50. The number of carbonyl (C=O) groups is 2. The van der Waals surface area contributed by atoms with Gasteiger partial charge in [-0.05, 0) is 37.5 Å². The Morgan fingerprint density at radius 2 is 1.89 bits per heavy atom. The largest absolute Gasteiger partial charge is 0.480 e. The minimum atomic E-state index is -0.992. The van der Waals surface area contributed by atoms with Crippen molar-refractivity contribution in [3.05, 3.63) is 34.9 Å². The van der Waals surface area contributed by atoms with E-state index in [1.54, 1.807) is 0 Å². The molecule has 0 aromatic heterocycles. The summed E-state index contributed by atoms with van der Waals surface area (Å²) in [5, 5.41) is 9.51. The first-order valence-electron chi connectivity index (χ1n) is 6.14. The molecule has 0 saturated carbocycles. The lowest BCUT2D eigenvalue weighted by Gasteiger charge is -2.21. The Labute approximate surface area is 118 Å². The number of likely N-dealkylation sites (N-methyl/N-ethyl adjacent to an activating group) is 1. The molecule has 0 heterocycles. The van der Waals surface area contributed by atoms with Crippen LogP contribution in [-0.4, -0.2) is 35.0 Å². The van der Waals surface area contributed by atoms with Gasteiger partial charge in [0.05, 0.1) is 0 Å². The van der Waals surface area contributed by atoms with Gasteiger partial charge in [-0.3, -0.25) is 4.79 Å². The fourth-order valence-corrected chi connectivity index (χ4v) is 1.78. The molecule has 0 bridgehead atoms. The number of carboxylic acid groups (broad SMARTS) is 1. The van der Waals surface area contributed by atoms with Crippen molar-refractivity contribution < 1.29 is 14.7 Å². The second-order valence-corrected chi connectivity index (χ2v) is 4.94. The number of amides is 1. The van der Waals surface area contributed by atoms with E-state index in [-0.39, 0.29) is 5.91 Å². The standard InChI is InChI=1S/C14H18ClNO3/c1-10(14(18)19)16(2)13(17)5-3-4-11-6-8-12(15)9-7-11/h6-10H,3-5H2,1-2H3,(H,18,19). The maximum atomic E-state index is 11.8. The Kier molecular flexibility index (Phi) is 5.83. The van der Waals surface area contributed by atoms with Gasteiger partial charge in [0, 0.05) is 18.5 Å². The Morgan fingerprint density at radius 1 is 1.32 bits per heavy atom. The highest BCUT2D eigenvalue weighted by molar-refractivity contribution is 6.30. The van der Waals surface area contributed by atoms with E-state index in [0.29, 0.717) is 17.9 Å². The van der Waals surface area contributed by atoms with Crippen molar-refractivity contribution in [2.45, 2.75) is 32.2 Å². The summed E-state index contributed by atoms with van der Waals surface area (Å²) < 4.78 is 0. The highest BCUT2D eigenvalue weighted by Crippen LogP contribution is 2.12. The lowest BCUT2D eigenvalue weighted by Crippen LogP contribution is -2.40. The molecule has 1 aromatic carbocycles. The lowest BCUT2D eigenvalue weighted by molar-refractivity contribution is -0.148. The van der Waals surface area contributed by atoms with Gasteiger partial charge in [0.15, 0.2) is 0 Å². The van der Waals surface area contributed by atoms with E-state index in [4.69, 9.17) is 16.7 Å². The van der Waals surface area contributed by atoms with Gasteiger partial charge in [0.1, 0.15) is 6.04 Å². The van der Waals surface area contributed by atoms with Crippen LogP contribution in [0.3, 0.4) is 0 Å². The SMILES string of the molecule is CC(C(=O)O)N(C)C(=O)CCCc1ccc(Cl)cc1. The molecule has 1 amide bonds. The maximum Gasteiger partial charge on any atom is 0.326 e. The van der Waals surface area contributed by atoms with Gasteiger partial charge in [-0.25, -0.2) is 4.79 Å². The Balaban J connectivity index is 2.38. The van der Waals surface area contributed by atoms with Gasteiger partial charge in [0.25, 0.3) is 0 Å². The van der Waals surface area contributed by atoms with E-state index in [2.05, 4.69) is 0 Å². The third-order valence-corrected chi connectivity index (χ3v) is 3.35. The molecule has 4 nitrogen and oxygen atoms in total. The van der Waals surface area contributed by atoms with Gasteiger partial charge < -0.3 is 10.0 Å². The average Bonchev–Trinajstić information content (AvgIpc) is 2.39. The van der Waals surface area contributed by atoms with Crippen LogP contribution in [0.4, 0.5) is 0 Å². The fraction of sp³-hybridized carbons (Fsp3) is 0.429. The van der Waals surface area contributed by atoms with Crippen LogP contribution in [0.25, 0.3) is 0 Å². The molecule has 0 fully saturated rings. The molecule has 0 aliphatic carbocycles. The first-order valence-corrected chi connectivity index (χ1v) is 6.52. The number of hydrogen-bond acceptors (Lipinski definition) is 2. The molecule has 1 unspecified atom stereocenters. The summed E-state index contributed by atoms with van der Waals surface area (Å²) in [6.07, 6.45) is 1.81. The summed E-state index contributed by atoms with van der Waals surface area (Å²) >= 11 is 5.79. The van der Waals surface area contributed by atoms with Crippen LogP contribution in [0.15, 0.2) is 24.3 Å². The fourth-order valence-electron chi connectivity index (χ4n) is 1.65. The molecule has 5 heteroatoms. The summed E-state index contributed by atoms with van der Waals surface area (Å²) in [5.74, 6) is -1.14. The second-order valence-electron chi connectivity index (χ2n) is 4.50. The molecule has 104 valence electrons. The molecule has 0 saturated heterocycles. The highest BCUT2D eigenvalue weighted by atomic mass is 35.5. The Morgan fingerprint density at radius 3 is 2.42 bits per heavy atom. The van der Waals surface area contributed by atoms with Crippen LogP contribution in [0.5, 0.6) is 0 Å². The summed E-state index contributed by atoms with van der Waals surface area (Å²) in [5.41, 5.74) is 1.12. The molecule has 0 radical (unpaired) electrons. The van der Waals surface area contributed by atoms with Gasteiger partial charge in [-0.2, -0.15) is 0 Å². The van der Waals surface area contributed by atoms with Crippen LogP contribution in [0, 0.1) is 0 Å². The lowest BCUT2D eigenvalue weighted by atomic mass is 10.1. The molecular formula is C14H18ClNO3. The van der Waals surface area contributed by atoms with Gasteiger partial charge in [0.2, 0.25) is 5.91 Å². The Hall–Kier alpha value is -1.55. The predicted molar refractivity (Wildman–Crippen MR) is 74.3 cm³/mol. The normalized spacial score (nSPS) is 11.9. The van der Waals surface area contributed by atoms with Gasteiger partial charge in [-0.15, -0.1) is 0 Å². The number of aliphatic carboxylic acids is 1. The van der Waals surface area contributed by atoms with E-state index < -0.39 is 12.0 Å². The van der Waals surface area contributed by atoms with Gasteiger partial charge in [-0.1, -0.05) is 23.7 Å². The van der Waals surface area contributed by atoms with E-state index in [1.807, 2.05) is 24.3 Å². The van der Waals surface area contributed by atoms with Gasteiger partial charge >= 0.3 is 5.97 Å². The van der Waals surface area contributed by atoms with Crippen molar-refractivity contribution >= 4 is 23.5 Å². The van der Waals surface area contributed by atoms with Crippen LogP contribution in [0.1, 0.15) is 25.3 Å². The molecule has 0 spiro atoms. The maximum absolute atomic E-state index is 11.8. The molecule has 1 aromatic rings. The highest BCUT2D eigenvalue weighted by Gasteiger charge is 2.20. The quantitative estimate of drug-likeness (QED) is 0.873. The molecule has 1 rings (SSSR count). The van der Waals surface area contributed by atoms with Crippen molar-refractivity contribution in [3.8, 4) is 0 Å². The number of benzene rings is 1. The molecule has 1 atom stereocenters. The van der Waals surface area contributed by atoms with Crippen molar-refractivity contribution in [1.29, 1.82) is 0 Å².